The minimum Gasteiger partial charge on any atom is -0.360 e. The zero-order chi connectivity index (χ0) is 17.9. The summed E-state index contributed by atoms with van der Waals surface area (Å²) in [5, 5.41) is 10.4. The van der Waals surface area contributed by atoms with E-state index in [0.717, 1.165) is 29.6 Å². The Morgan fingerprint density at radius 1 is 1.15 bits per heavy atom. The van der Waals surface area contributed by atoms with E-state index in [9.17, 15) is 5.26 Å². The lowest BCUT2D eigenvalue weighted by molar-refractivity contribution is 0.258. The second-order valence-electron chi connectivity index (χ2n) is 7.60. The first-order chi connectivity index (χ1) is 12.7. The summed E-state index contributed by atoms with van der Waals surface area (Å²) in [6, 6.07) is 19.6. The Bertz CT molecular complexity index is 920. The molecule has 1 aliphatic rings. The summed E-state index contributed by atoms with van der Waals surface area (Å²) in [6.45, 7) is 2.12. The molecule has 0 radical (unpaired) electrons. The monoisotopic (exact) mass is 343 g/mol. The smallest absolute Gasteiger partial charge is 0.101 e. The first-order valence-corrected chi connectivity index (χ1v) is 9.48. The van der Waals surface area contributed by atoms with Crippen LogP contribution >= 0.6 is 0 Å². The molecule has 2 atom stereocenters. The molecule has 0 saturated heterocycles. The van der Waals surface area contributed by atoms with Gasteiger partial charge in [-0.05, 0) is 55.0 Å². The Morgan fingerprint density at radius 2 is 2.00 bits per heavy atom. The van der Waals surface area contributed by atoms with Crippen LogP contribution in [0.4, 0.5) is 0 Å². The van der Waals surface area contributed by atoms with E-state index in [2.05, 4.69) is 71.5 Å². The number of hydrogen-bond donors (Lipinski definition) is 1. The topological polar surface area (TPSA) is 42.8 Å². The lowest BCUT2D eigenvalue weighted by Crippen LogP contribution is -2.26. The highest BCUT2D eigenvalue weighted by Gasteiger charge is 2.29. The van der Waals surface area contributed by atoms with Crippen LogP contribution in [0, 0.1) is 17.2 Å². The maximum Gasteiger partial charge on any atom is 0.101 e. The van der Waals surface area contributed by atoms with Crippen molar-refractivity contribution in [1.29, 1.82) is 5.26 Å². The number of benzene rings is 2. The first-order valence-electron chi connectivity index (χ1n) is 9.48. The minimum atomic E-state index is 0.596. The van der Waals surface area contributed by atoms with Crippen LogP contribution in [-0.2, 0) is 6.54 Å². The van der Waals surface area contributed by atoms with Crippen molar-refractivity contribution >= 4 is 10.9 Å². The fraction of sp³-hybridized carbons (Fsp3) is 0.348. The molecule has 132 valence electrons. The van der Waals surface area contributed by atoms with E-state index in [1.54, 1.807) is 0 Å². The van der Waals surface area contributed by atoms with E-state index in [4.69, 9.17) is 0 Å². The highest BCUT2D eigenvalue weighted by Crippen LogP contribution is 2.41. The summed E-state index contributed by atoms with van der Waals surface area (Å²) in [6.07, 6.45) is 5.65. The molecule has 1 heterocycles. The maximum absolute atomic E-state index is 9.32. The fourth-order valence-corrected chi connectivity index (χ4v) is 4.52. The van der Waals surface area contributed by atoms with Crippen LogP contribution in [0.2, 0.25) is 0 Å². The van der Waals surface area contributed by atoms with Crippen molar-refractivity contribution < 1.29 is 0 Å². The Morgan fingerprint density at radius 3 is 2.81 bits per heavy atom. The fourth-order valence-electron chi connectivity index (χ4n) is 4.52. The van der Waals surface area contributed by atoms with Gasteiger partial charge in [0.15, 0.2) is 0 Å². The van der Waals surface area contributed by atoms with Crippen LogP contribution in [0.3, 0.4) is 0 Å². The number of nitrogens with one attached hydrogen (secondary N) is 1. The molecule has 0 aliphatic heterocycles. The number of nitriles is 1. The van der Waals surface area contributed by atoms with Gasteiger partial charge in [-0.1, -0.05) is 42.8 Å². The van der Waals surface area contributed by atoms with Crippen molar-refractivity contribution in [2.75, 3.05) is 13.6 Å². The molecule has 3 aromatic rings. The predicted octanol–water partition coefficient (Wildman–Crippen LogP) is 5.06. The normalized spacial score (nSPS) is 19.9. The van der Waals surface area contributed by atoms with Crippen LogP contribution < -0.4 is 0 Å². The number of aromatic amines is 1. The van der Waals surface area contributed by atoms with Gasteiger partial charge < -0.3 is 9.88 Å². The summed E-state index contributed by atoms with van der Waals surface area (Å²) in [5.74, 6) is 1.28. The van der Waals surface area contributed by atoms with Gasteiger partial charge in [0.05, 0.1) is 5.56 Å². The molecule has 26 heavy (non-hydrogen) atoms. The van der Waals surface area contributed by atoms with Gasteiger partial charge in [0, 0.05) is 30.2 Å². The second kappa shape index (κ2) is 7.35. The Balaban J connectivity index is 1.50. The predicted molar refractivity (Wildman–Crippen MR) is 106 cm³/mol. The van der Waals surface area contributed by atoms with Gasteiger partial charge in [-0.3, -0.25) is 0 Å². The number of nitrogens with zero attached hydrogens (tertiary/aromatic N) is 2. The lowest BCUT2D eigenvalue weighted by Gasteiger charge is -2.26. The minimum absolute atomic E-state index is 0.596. The molecule has 1 aromatic heterocycles. The van der Waals surface area contributed by atoms with Gasteiger partial charge in [0.25, 0.3) is 0 Å². The van der Waals surface area contributed by atoms with Crippen LogP contribution in [0.1, 0.15) is 41.9 Å². The maximum atomic E-state index is 9.32. The standard InChI is InChI=1S/C23H25N3/c1-26(15-17-6-3-2-4-7-17)16-19-8-5-9-21(19)18-10-11-23-22(12-18)20(13-24)14-25-23/h2-4,6-7,10-12,14,19,21,25H,5,8-9,15-16H2,1H3. The molecular formula is C23H25N3. The third kappa shape index (κ3) is 3.38. The number of hydrogen-bond acceptors (Lipinski definition) is 2. The summed E-state index contributed by atoms with van der Waals surface area (Å²) in [5.41, 5.74) is 4.57. The summed E-state index contributed by atoms with van der Waals surface area (Å²) in [4.78, 5) is 5.65. The van der Waals surface area contributed by atoms with Crippen molar-refractivity contribution in [2.24, 2.45) is 5.92 Å². The zero-order valence-corrected chi connectivity index (χ0v) is 15.3. The summed E-state index contributed by atoms with van der Waals surface area (Å²) < 4.78 is 0. The Kier molecular flexibility index (Phi) is 4.77. The molecule has 2 aromatic carbocycles. The first kappa shape index (κ1) is 16.9. The van der Waals surface area contributed by atoms with Crippen LogP contribution in [0.25, 0.3) is 10.9 Å². The third-order valence-electron chi connectivity index (χ3n) is 5.75. The molecule has 1 aliphatic carbocycles. The molecule has 1 fully saturated rings. The van der Waals surface area contributed by atoms with Gasteiger partial charge in [-0.15, -0.1) is 0 Å². The Hall–Kier alpha value is -2.57. The van der Waals surface area contributed by atoms with Crippen LogP contribution in [0.15, 0.2) is 54.7 Å². The van der Waals surface area contributed by atoms with E-state index in [1.165, 1.54) is 30.4 Å². The van der Waals surface area contributed by atoms with E-state index < -0.39 is 0 Å². The molecule has 2 unspecified atom stereocenters. The van der Waals surface area contributed by atoms with Crippen molar-refractivity contribution in [2.45, 2.75) is 31.7 Å². The highest BCUT2D eigenvalue weighted by molar-refractivity contribution is 5.86. The van der Waals surface area contributed by atoms with Crippen LogP contribution in [-0.4, -0.2) is 23.5 Å². The average molecular weight is 343 g/mol. The zero-order valence-electron chi connectivity index (χ0n) is 15.3. The molecule has 0 amide bonds. The summed E-state index contributed by atoms with van der Waals surface area (Å²) in [7, 11) is 2.23. The molecule has 4 rings (SSSR count). The number of rotatable bonds is 5. The average Bonchev–Trinajstić information content (AvgIpc) is 3.28. The van der Waals surface area contributed by atoms with E-state index in [1.807, 2.05) is 6.20 Å². The van der Waals surface area contributed by atoms with Crippen molar-refractivity contribution in [1.82, 2.24) is 9.88 Å². The van der Waals surface area contributed by atoms with Gasteiger partial charge in [-0.25, -0.2) is 0 Å². The van der Waals surface area contributed by atoms with Crippen molar-refractivity contribution in [3.63, 3.8) is 0 Å². The molecule has 0 spiro atoms. The lowest BCUT2D eigenvalue weighted by atomic mass is 9.87. The molecular weight excluding hydrogens is 318 g/mol. The highest BCUT2D eigenvalue weighted by atomic mass is 15.1. The van der Waals surface area contributed by atoms with E-state index >= 15 is 0 Å². The number of H-pyrrole nitrogens is 1. The Labute approximate surface area is 155 Å². The van der Waals surface area contributed by atoms with Crippen LogP contribution in [0.5, 0.6) is 0 Å². The molecule has 3 heteroatoms. The number of aromatic nitrogens is 1. The second-order valence-corrected chi connectivity index (χ2v) is 7.60. The largest absolute Gasteiger partial charge is 0.360 e. The van der Waals surface area contributed by atoms with Crippen molar-refractivity contribution in [3.05, 3.63) is 71.4 Å². The van der Waals surface area contributed by atoms with Crippen molar-refractivity contribution in [3.8, 4) is 6.07 Å². The third-order valence-corrected chi connectivity index (χ3v) is 5.75. The van der Waals surface area contributed by atoms with E-state index in [0.29, 0.717) is 11.8 Å². The van der Waals surface area contributed by atoms with Gasteiger partial charge in [0.2, 0.25) is 0 Å². The van der Waals surface area contributed by atoms with Gasteiger partial charge in [-0.2, -0.15) is 5.26 Å². The quantitative estimate of drug-likeness (QED) is 0.704. The van der Waals surface area contributed by atoms with Gasteiger partial charge >= 0.3 is 0 Å². The number of fused-ring (bicyclic) bond motifs is 1. The molecule has 3 nitrogen and oxygen atoms in total. The summed E-state index contributed by atoms with van der Waals surface area (Å²) >= 11 is 0. The molecule has 0 bridgehead atoms. The van der Waals surface area contributed by atoms with E-state index in [-0.39, 0.29) is 0 Å². The molecule has 1 N–H and O–H groups in total. The SMILES string of the molecule is CN(Cc1ccccc1)CC1CCCC1c1ccc2[nH]cc(C#N)c2c1. The van der Waals surface area contributed by atoms with Gasteiger partial charge in [0.1, 0.15) is 6.07 Å². The molecule has 1 saturated carbocycles.